The lowest BCUT2D eigenvalue weighted by Crippen LogP contribution is -2.48. The van der Waals surface area contributed by atoms with E-state index in [-0.39, 0.29) is 18.3 Å². The number of aromatic amines is 1. The summed E-state index contributed by atoms with van der Waals surface area (Å²) in [6, 6.07) is 6.37. The maximum Gasteiger partial charge on any atom is 0.328 e. The number of benzene rings is 1. The molecule has 1 amide bonds. The van der Waals surface area contributed by atoms with Crippen molar-refractivity contribution in [2.24, 2.45) is 5.73 Å². The van der Waals surface area contributed by atoms with Gasteiger partial charge in [-0.15, -0.1) is 12.4 Å². The van der Waals surface area contributed by atoms with Gasteiger partial charge in [-0.2, -0.15) is 0 Å². The van der Waals surface area contributed by atoms with E-state index < -0.39 is 18.1 Å². The number of amides is 1. The van der Waals surface area contributed by atoms with Crippen LogP contribution in [0, 0.1) is 0 Å². The van der Waals surface area contributed by atoms with Gasteiger partial charge in [-0.3, -0.25) is 4.79 Å². The van der Waals surface area contributed by atoms with Crippen LogP contribution in [0.25, 0.3) is 10.9 Å². The summed E-state index contributed by atoms with van der Waals surface area (Å²) in [4.78, 5) is 26.4. The van der Waals surface area contributed by atoms with E-state index >= 15 is 0 Å². The molecule has 0 saturated heterocycles. The molecule has 0 unspecified atom stereocenters. The third-order valence-corrected chi connectivity index (χ3v) is 3.37. The van der Waals surface area contributed by atoms with Crippen molar-refractivity contribution in [3.05, 3.63) is 36.0 Å². The zero-order chi connectivity index (χ0) is 15.4. The van der Waals surface area contributed by atoms with Crippen LogP contribution in [-0.2, 0) is 20.7 Å². The molecule has 2 aromatic rings. The van der Waals surface area contributed by atoms with Crippen molar-refractivity contribution >= 4 is 35.2 Å². The van der Waals surface area contributed by atoms with Crippen LogP contribution in [0.3, 0.4) is 0 Å². The van der Waals surface area contributed by atoms with Crippen LogP contribution in [0.4, 0.5) is 0 Å². The smallest absolute Gasteiger partial charge is 0.328 e. The van der Waals surface area contributed by atoms with Crippen molar-refractivity contribution in [3.8, 4) is 0 Å². The van der Waals surface area contributed by atoms with E-state index in [0.29, 0.717) is 6.42 Å². The van der Waals surface area contributed by atoms with Crippen molar-refractivity contribution in [1.82, 2.24) is 10.3 Å². The second kappa shape index (κ2) is 7.82. The molecule has 0 radical (unpaired) electrons. The van der Waals surface area contributed by atoms with Crippen LogP contribution in [0.2, 0.25) is 0 Å². The van der Waals surface area contributed by atoms with Gasteiger partial charge in [-0.25, -0.2) is 4.79 Å². The van der Waals surface area contributed by atoms with Gasteiger partial charge < -0.3 is 20.8 Å². The number of nitrogens with one attached hydrogen (secondary N) is 2. The summed E-state index contributed by atoms with van der Waals surface area (Å²) in [5, 5.41) is 3.59. The molecule has 120 valence electrons. The number of halogens is 1. The van der Waals surface area contributed by atoms with Crippen LogP contribution < -0.4 is 11.1 Å². The maximum atomic E-state index is 12.0. The number of carbonyl (C=O) groups excluding carboxylic acids is 2. The number of rotatable bonds is 5. The summed E-state index contributed by atoms with van der Waals surface area (Å²) in [6.07, 6.45) is 2.24. The average molecular weight is 326 g/mol. The highest BCUT2D eigenvalue weighted by molar-refractivity contribution is 5.88. The molecule has 4 N–H and O–H groups in total. The van der Waals surface area contributed by atoms with Gasteiger partial charge in [0, 0.05) is 17.1 Å². The fourth-order valence-corrected chi connectivity index (χ4v) is 2.19. The van der Waals surface area contributed by atoms with Gasteiger partial charge in [0.1, 0.15) is 6.04 Å². The predicted molar refractivity (Wildman–Crippen MR) is 86.8 cm³/mol. The molecule has 7 heteroatoms. The lowest BCUT2D eigenvalue weighted by molar-refractivity contribution is -0.144. The number of esters is 1. The van der Waals surface area contributed by atoms with Crippen molar-refractivity contribution in [2.45, 2.75) is 25.4 Å². The van der Waals surface area contributed by atoms with Crippen LogP contribution in [0.5, 0.6) is 0 Å². The number of nitrogens with two attached hydrogens (primary N) is 1. The van der Waals surface area contributed by atoms with E-state index in [2.05, 4.69) is 15.0 Å². The number of fused-ring (bicyclic) bond motifs is 1. The Morgan fingerprint density at radius 2 is 2.05 bits per heavy atom. The molecular formula is C15H20ClN3O3. The van der Waals surface area contributed by atoms with Gasteiger partial charge in [0.05, 0.1) is 13.2 Å². The summed E-state index contributed by atoms with van der Waals surface area (Å²) in [7, 11) is 1.27. The Bertz CT molecular complexity index is 656. The lowest BCUT2D eigenvalue weighted by atomic mass is 10.0. The molecule has 2 rings (SSSR count). The number of carbonyl (C=O) groups is 2. The molecule has 0 saturated carbocycles. The average Bonchev–Trinajstić information content (AvgIpc) is 2.89. The number of methoxy groups -OCH3 is 1. The Morgan fingerprint density at radius 1 is 1.36 bits per heavy atom. The van der Waals surface area contributed by atoms with E-state index in [1.165, 1.54) is 7.11 Å². The maximum absolute atomic E-state index is 12.0. The van der Waals surface area contributed by atoms with Crippen molar-refractivity contribution in [1.29, 1.82) is 0 Å². The number of hydrogen-bond acceptors (Lipinski definition) is 4. The third kappa shape index (κ3) is 3.99. The number of aromatic nitrogens is 1. The van der Waals surface area contributed by atoms with Gasteiger partial charge in [0.2, 0.25) is 5.91 Å². The summed E-state index contributed by atoms with van der Waals surface area (Å²) < 4.78 is 4.56. The van der Waals surface area contributed by atoms with E-state index in [9.17, 15) is 9.59 Å². The highest BCUT2D eigenvalue weighted by atomic mass is 35.5. The highest BCUT2D eigenvalue weighted by Crippen LogP contribution is 2.18. The molecule has 6 nitrogen and oxygen atoms in total. The number of hydrogen-bond donors (Lipinski definition) is 3. The Kier molecular flexibility index (Phi) is 6.39. The van der Waals surface area contributed by atoms with Crippen LogP contribution in [0.1, 0.15) is 12.5 Å². The first kappa shape index (κ1) is 18.0. The van der Waals surface area contributed by atoms with Gasteiger partial charge in [-0.1, -0.05) is 18.2 Å². The standard InChI is InChI=1S/C15H19N3O3.ClH/c1-9(15(20)21-2)18-14(19)12(16)7-10-8-17-13-6-4-3-5-11(10)13;/h3-6,8-9,12,17H,7,16H2,1-2H3,(H,18,19);1H/t9-,12-;/m0./s1. The van der Waals surface area contributed by atoms with Gasteiger partial charge >= 0.3 is 5.97 Å². The summed E-state index contributed by atoms with van der Waals surface area (Å²) in [6.45, 7) is 1.56. The summed E-state index contributed by atoms with van der Waals surface area (Å²) in [5.74, 6) is -0.874. The normalized spacial score (nSPS) is 13.0. The van der Waals surface area contributed by atoms with Crippen LogP contribution in [-0.4, -0.2) is 36.1 Å². The zero-order valence-corrected chi connectivity index (χ0v) is 13.3. The molecule has 0 aliphatic heterocycles. The van der Waals surface area contributed by atoms with Crippen LogP contribution >= 0.6 is 12.4 Å². The molecular weight excluding hydrogens is 306 g/mol. The molecule has 1 aromatic heterocycles. The van der Waals surface area contributed by atoms with Crippen molar-refractivity contribution < 1.29 is 14.3 Å². The molecule has 22 heavy (non-hydrogen) atoms. The first-order chi connectivity index (χ1) is 10.0. The molecule has 0 bridgehead atoms. The zero-order valence-electron chi connectivity index (χ0n) is 12.5. The second-order valence-electron chi connectivity index (χ2n) is 4.92. The second-order valence-corrected chi connectivity index (χ2v) is 4.92. The van der Waals surface area contributed by atoms with Gasteiger partial charge in [-0.05, 0) is 25.0 Å². The monoisotopic (exact) mass is 325 g/mol. The van der Waals surface area contributed by atoms with E-state index in [4.69, 9.17) is 5.73 Å². The summed E-state index contributed by atoms with van der Waals surface area (Å²) in [5.41, 5.74) is 7.89. The Balaban J connectivity index is 0.00000242. The highest BCUT2D eigenvalue weighted by Gasteiger charge is 2.21. The molecule has 0 spiro atoms. The summed E-state index contributed by atoms with van der Waals surface area (Å²) >= 11 is 0. The number of H-pyrrole nitrogens is 1. The first-order valence-corrected chi connectivity index (χ1v) is 6.71. The molecule has 2 atom stereocenters. The largest absolute Gasteiger partial charge is 0.467 e. The Labute approximate surface area is 134 Å². The van der Waals surface area contributed by atoms with Gasteiger partial charge in [0.25, 0.3) is 0 Å². The van der Waals surface area contributed by atoms with Crippen molar-refractivity contribution in [2.75, 3.05) is 7.11 Å². The predicted octanol–water partition coefficient (Wildman–Crippen LogP) is 1.14. The molecule has 0 aliphatic rings. The Hall–Kier alpha value is -2.05. The molecule has 0 aliphatic carbocycles. The van der Waals surface area contributed by atoms with E-state index in [0.717, 1.165) is 16.5 Å². The molecule has 1 aromatic carbocycles. The fourth-order valence-electron chi connectivity index (χ4n) is 2.19. The van der Waals surface area contributed by atoms with E-state index in [1.807, 2.05) is 30.5 Å². The van der Waals surface area contributed by atoms with E-state index in [1.54, 1.807) is 6.92 Å². The minimum atomic E-state index is -0.726. The Morgan fingerprint density at radius 3 is 2.73 bits per heavy atom. The number of para-hydroxylation sites is 1. The minimum Gasteiger partial charge on any atom is -0.467 e. The van der Waals surface area contributed by atoms with Gasteiger partial charge in [0.15, 0.2) is 0 Å². The third-order valence-electron chi connectivity index (χ3n) is 3.37. The lowest BCUT2D eigenvalue weighted by Gasteiger charge is -2.15. The quantitative estimate of drug-likeness (QED) is 0.718. The topological polar surface area (TPSA) is 97.2 Å². The molecule has 1 heterocycles. The van der Waals surface area contributed by atoms with Crippen LogP contribution in [0.15, 0.2) is 30.5 Å². The van der Waals surface area contributed by atoms with Crippen molar-refractivity contribution in [3.63, 3.8) is 0 Å². The fraction of sp³-hybridized carbons (Fsp3) is 0.333. The SMILES string of the molecule is COC(=O)[C@H](C)NC(=O)[C@@H](N)Cc1c[nH]c2ccccc12.Cl. The first-order valence-electron chi connectivity index (χ1n) is 6.71. The minimum absolute atomic E-state index is 0. The number of ether oxygens (including phenoxy) is 1. The molecule has 0 fully saturated rings.